The largest absolute Gasteiger partial charge is 0.370 e. The highest BCUT2D eigenvalue weighted by atomic mass is 15.2. The Morgan fingerprint density at radius 1 is 1.32 bits per heavy atom. The van der Waals surface area contributed by atoms with Gasteiger partial charge in [-0.25, -0.2) is 0 Å². The fraction of sp³-hybridized carbons (Fsp3) is 0.933. The van der Waals surface area contributed by atoms with Crippen LogP contribution in [-0.2, 0) is 0 Å². The first-order valence-electron chi connectivity index (χ1n) is 7.52. The molecule has 0 aromatic heterocycles. The van der Waals surface area contributed by atoms with Gasteiger partial charge in [0.15, 0.2) is 5.96 Å². The van der Waals surface area contributed by atoms with E-state index in [-0.39, 0.29) is 5.54 Å². The smallest absolute Gasteiger partial charge is 0.188 e. The van der Waals surface area contributed by atoms with E-state index in [0.29, 0.717) is 12.0 Å². The van der Waals surface area contributed by atoms with Crippen molar-refractivity contribution in [3.05, 3.63) is 0 Å². The Morgan fingerprint density at radius 3 is 2.32 bits per heavy atom. The second-order valence-electron chi connectivity index (χ2n) is 7.16. The van der Waals surface area contributed by atoms with Crippen LogP contribution in [0.15, 0.2) is 4.99 Å². The van der Waals surface area contributed by atoms with Gasteiger partial charge in [0.2, 0.25) is 0 Å². The Kier molecular flexibility index (Phi) is 5.65. The zero-order valence-electron chi connectivity index (χ0n) is 13.5. The summed E-state index contributed by atoms with van der Waals surface area (Å²) in [6.45, 7) is 16.5. The maximum absolute atomic E-state index is 5.89. The van der Waals surface area contributed by atoms with Crippen molar-refractivity contribution in [1.29, 1.82) is 0 Å². The van der Waals surface area contributed by atoms with Crippen molar-refractivity contribution in [2.45, 2.75) is 59.5 Å². The van der Waals surface area contributed by atoms with Crippen molar-refractivity contribution in [3.8, 4) is 0 Å². The topological polar surface area (TPSA) is 53.6 Å². The lowest BCUT2D eigenvalue weighted by molar-refractivity contribution is 0.0513. The first kappa shape index (κ1) is 16.3. The van der Waals surface area contributed by atoms with Gasteiger partial charge in [0.25, 0.3) is 0 Å². The molecule has 112 valence electrons. The van der Waals surface area contributed by atoms with E-state index in [4.69, 9.17) is 5.73 Å². The summed E-state index contributed by atoms with van der Waals surface area (Å²) in [7, 11) is 0. The molecule has 1 fully saturated rings. The molecule has 1 aliphatic rings. The molecule has 1 rings (SSSR count). The summed E-state index contributed by atoms with van der Waals surface area (Å²) in [5.74, 6) is 2.11. The van der Waals surface area contributed by atoms with Gasteiger partial charge < -0.3 is 11.1 Å². The molecule has 1 heterocycles. The third kappa shape index (κ3) is 5.39. The number of piperidine rings is 1. The van der Waals surface area contributed by atoms with Gasteiger partial charge in [-0.2, -0.15) is 0 Å². The summed E-state index contributed by atoms with van der Waals surface area (Å²) >= 11 is 0. The fourth-order valence-corrected chi connectivity index (χ4v) is 2.88. The molecule has 0 aliphatic carbocycles. The van der Waals surface area contributed by atoms with Crippen LogP contribution in [-0.4, -0.2) is 42.1 Å². The Balaban J connectivity index is 2.59. The molecule has 1 aliphatic heterocycles. The zero-order chi connectivity index (χ0) is 14.6. The standard InChI is InChI=1S/C15H32N4/c1-11(2)18-14(16)17-10-15(5,6)19-8-12(3)7-13(4)9-19/h11-13H,7-10H2,1-6H3,(H3,16,17,18). The lowest BCUT2D eigenvalue weighted by Crippen LogP contribution is -2.53. The molecule has 19 heavy (non-hydrogen) atoms. The predicted molar refractivity (Wildman–Crippen MR) is 83.4 cm³/mol. The molecule has 0 radical (unpaired) electrons. The summed E-state index contributed by atoms with van der Waals surface area (Å²) in [6, 6.07) is 0.335. The van der Waals surface area contributed by atoms with Gasteiger partial charge >= 0.3 is 0 Å². The summed E-state index contributed by atoms with van der Waals surface area (Å²) < 4.78 is 0. The van der Waals surface area contributed by atoms with Gasteiger partial charge in [0.1, 0.15) is 0 Å². The van der Waals surface area contributed by atoms with Crippen LogP contribution >= 0.6 is 0 Å². The van der Waals surface area contributed by atoms with Gasteiger partial charge in [-0.05, 0) is 46.0 Å². The third-order valence-corrected chi connectivity index (χ3v) is 3.80. The number of aliphatic imine (C=N–C) groups is 1. The summed E-state index contributed by atoms with van der Waals surface area (Å²) in [5, 5.41) is 3.15. The summed E-state index contributed by atoms with van der Waals surface area (Å²) in [5.41, 5.74) is 5.96. The molecule has 4 nitrogen and oxygen atoms in total. The van der Waals surface area contributed by atoms with E-state index in [9.17, 15) is 0 Å². The predicted octanol–water partition coefficient (Wildman–Crippen LogP) is 2.06. The molecule has 2 atom stereocenters. The molecular formula is C15H32N4. The number of nitrogens with zero attached hydrogens (tertiary/aromatic N) is 2. The number of nitrogens with one attached hydrogen (secondary N) is 1. The average molecular weight is 268 g/mol. The van der Waals surface area contributed by atoms with Crippen LogP contribution in [0.3, 0.4) is 0 Å². The minimum atomic E-state index is 0.0756. The van der Waals surface area contributed by atoms with E-state index >= 15 is 0 Å². The van der Waals surface area contributed by atoms with E-state index < -0.39 is 0 Å². The van der Waals surface area contributed by atoms with Crippen molar-refractivity contribution in [2.24, 2.45) is 22.6 Å². The molecule has 0 bridgehead atoms. The maximum atomic E-state index is 5.89. The molecule has 0 aromatic carbocycles. The van der Waals surface area contributed by atoms with E-state index in [1.807, 2.05) is 0 Å². The molecule has 4 heteroatoms. The number of guanidine groups is 1. The van der Waals surface area contributed by atoms with E-state index in [1.54, 1.807) is 0 Å². The van der Waals surface area contributed by atoms with Gasteiger partial charge in [-0.3, -0.25) is 9.89 Å². The first-order valence-corrected chi connectivity index (χ1v) is 7.52. The van der Waals surface area contributed by atoms with Gasteiger partial charge in [-0.1, -0.05) is 13.8 Å². The van der Waals surface area contributed by atoms with Gasteiger partial charge in [-0.15, -0.1) is 0 Å². The minimum absolute atomic E-state index is 0.0756. The van der Waals surface area contributed by atoms with Crippen LogP contribution in [0.4, 0.5) is 0 Å². The molecule has 0 aromatic rings. The van der Waals surface area contributed by atoms with Crippen molar-refractivity contribution in [3.63, 3.8) is 0 Å². The molecule has 0 amide bonds. The van der Waals surface area contributed by atoms with Crippen LogP contribution in [0.25, 0.3) is 0 Å². The SMILES string of the molecule is CC1CC(C)CN(C(C)(C)CN=C(N)NC(C)C)C1. The first-order chi connectivity index (χ1) is 8.70. The molecular weight excluding hydrogens is 236 g/mol. The molecule has 3 N–H and O–H groups in total. The molecule has 1 saturated heterocycles. The quantitative estimate of drug-likeness (QED) is 0.606. The lowest BCUT2D eigenvalue weighted by atomic mass is 9.88. The van der Waals surface area contributed by atoms with Crippen LogP contribution in [0, 0.1) is 11.8 Å². The van der Waals surface area contributed by atoms with E-state index in [1.165, 1.54) is 19.5 Å². The highest BCUT2D eigenvalue weighted by molar-refractivity contribution is 5.78. The zero-order valence-corrected chi connectivity index (χ0v) is 13.5. The number of likely N-dealkylation sites (tertiary alicyclic amines) is 1. The van der Waals surface area contributed by atoms with Crippen molar-refractivity contribution in [2.75, 3.05) is 19.6 Å². The normalized spacial score (nSPS) is 26.8. The van der Waals surface area contributed by atoms with Gasteiger partial charge in [0.05, 0.1) is 6.54 Å². The van der Waals surface area contributed by atoms with Crippen LogP contribution in [0.2, 0.25) is 0 Å². The molecule has 0 saturated carbocycles. The highest BCUT2D eigenvalue weighted by Gasteiger charge is 2.32. The Labute approximate surface area is 118 Å². The second-order valence-corrected chi connectivity index (χ2v) is 7.16. The molecule has 0 spiro atoms. The maximum Gasteiger partial charge on any atom is 0.188 e. The van der Waals surface area contributed by atoms with Crippen LogP contribution in [0.1, 0.15) is 48.0 Å². The lowest BCUT2D eigenvalue weighted by Gasteiger charge is -2.44. The van der Waals surface area contributed by atoms with Crippen LogP contribution < -0.4 is 11.1 Å². The monoisotopic (exact) mass is 268 g/mol. The number of hydrogen-bond donors (Lipinski definition) is 2. The molecule has 2 unspecified atom stereocenters. The fourth-order valence-electron chi connectivity index (χ4n) is 2.88. The highest BCUT2D eigenvalue weighted by Crippen LogP contribution is 2.27. The van der Waals surface area contributed by atoms with Crippen molar-refractivity contribution in [1.82, 2.24) is 10.2 Å². The average Bonchev–Trinajstić information content (AvgIpc) is 2.24. The number of nitrogens with two attached hydrogens (primary N) is 1. The summed E-state index contributed by atoms with van der Waals surface area (Å²) in [4.78, 5) is 7.07. The van der Waals surface area contributed by atoms with E-state index in [0.717, 1.165) is 18.4 Å². The Hall–Kier alpha value is -0.770. The Bertz CT molecular complexity index is 299. The second kappa shape index (κ2) is 6.60. The van der Waals surface area contributed by atoms with Crippen molar-refractivity contribution < 1.29 is 0 Å². The number of hydrogen-bond acceptors (Lipinski definition) is 2. The minimum Gasteiger partial charge on any atom is -0.370 e. The third-order valence-electron chi connectivity index (χ3n) is 3.80. The van der Waals surface area contributed by atoms with Gasteiger partial charge in [0, 0.05) is 24.7 Å². The van der Waals surface area contributed by atoms with E-state index in [2.05, 4.69) is 56.8 Å². The number of rotatable bonds is 4. The summed E-state index contributed by atoms with van der Waals surface area (Å²) in [6.07, 6.45) is 1.34. The van der Waals surface area contributed by atoms with Crippen molar-refractivity contribution >= 4 is 5.96 Å². The van der Waals surface area contributed by atoms with Crippen LogP contribution in [0.5, 0.6) is 0 Å². The Morgan fingerprint density at radius 2 is 1.84 bits per heavy atom.